The Labute approximate surface area is 101 Å². The molecule has 0 aliphatic carbocycles. The Balaban J connectivity index is 2.04. The quantitative estimate of drug-likeness (QED) is 0.876. The molecule has 0 atom stereocenters. The van der Waals surface area contributed by atoms with E-state index in [9.17, 15) is 0 Å². The number of aryl methyl sites for hydroxylation is 2. The van der Waals surface area contributed by atoms with E-state index < -0.39 is 0 Å². The van der Waals surface area contributed by atoms with Crippen LogP contribution in [-0.4, -0.2) is 15.1 Å². The Morgan fingerprint density at radius 3 is 2.75 bits per heavy atom. The molecule has 5 nitrogen and oxygen atoms in total. The summed E-state index contributed by atoms with van der Waals surface area (Å²) in [6.07, 6.45) is 0. The molecule has 0 spiro atoms. The second-order valence-electron chi connectivity index (χ2n) is 3.41. The zero-order valence-electron chi connectivity index (χ0n) is 8.99. The van der Waals surface area contributed by atoms with Crippen molar-refractivity contribution in [2.45, 2.75) is 20.4 Å². The molecule has 2 heterocycles. The molecule has 0 radical (unpaired) electrons. The molecule has 0 bridgehead atoms. The molecular weight excluding hydrogens is 272 g/mol. The minimum absolute atomic E-state index is 0.559. The molecule has 0 saturated heterocycles. The molecule has 2 aromatic rings. The molecule has 1 N–H and O–H groups in total. The first-order valence-corrected chi connectivity index (χ1v) is 5.60. The van der Waals surface area contributed by atoms with Gasteiger partial charge < -0.3 is 9.84 Å². The van der Waals surface area contributed by atoms with Crippen LogP contribution in [0.4, 0.5) is 5.82 Å². The van der Waals surface area contributed by atoms with Gasteiger partial charge in [-0.25, -0.2) is 9.97 Å². The van der Waals surface area contributed by atoms with Crippen LogP contribution in [0.1, 0.15) is 17.3 Å². The van der Waals surface area contributed by atoms with Gasteiger partial charge >= 0.3 is 0 Å². The van der Waals surface area contributed by atoms with Gasteiger partial charge in [0.15, 0.2) is 5.76 Å². The lowest BCUT2D eigenvalue weighted by molar-refractivity contribution is 0.384. The van der Waals surface area contributed by atoms with E-state index in [-0.39, 0.29) is 0 Å². The van der Waals surface area contributed by atoms with E-state index in [1.165, 1.54) is 0 Å². The number of halogens is 1. The van der Waals surface area contributed by atoms with Crippen LogP contribution in [0.25, 0.3) is 0 Å². The fourth-order valence-corrected chi connectivity index (χ4v) is 1.77. The van der Waals surface area contributed by atoms with Crippen LogP contribution in [0.3, 0.4) is 0 Å². The Bertz CT molecular complexity index is 477. The van der Waals surface area contributed by atoms with E-state index >= 15 is 0 Å². The van der Waals surface area contributed by atoms with Crippen molar-refractivity contribution in [1.82, 2.24) is 15.1 Å². The number of rotatable bonds is 3. The second-order valence-corrected chi connectivity index (χ2v) is 4.22. The van der Waals surface area contributed by atoms with Gasteiger partial charge in [-0.3, -0.25) is 0 Å². The third-order valence-electron chi connectivity index (χ3n) is 1.93. The average molecular weight is 283 g/mol. The summed E-state index contributed by atoms with van der Waals surface area (Å²) >= 11 is 3.32. The molecule has 0 fully saturated rings. The summed E-state index contributed by atoms with van der Waals surface area (Å²) in [5.74, 6) is 2.25. The Hall–Kier alpha value is -1.43. The Kier molecular flexibility index (Phi) is 3.19. The van der Waals surface area contributed by atoms with Crippen LogP contribution in [0.15, 0.2) is 21.3 Å². The van der Waals surface area contributed by atoms with Gasteiger partial charge in [-0.15, -0.1) is 0 Å². The highest BCUT2D eigenvalue weighted by molar-refractivity contribution is 9.10. The van der Waals surface area contributed by atoms with Crippen molar-refractivity contribution in [3.8, 4) is 0 Å². The van der Waals surface area contributed by atoms with Gasteiger partial charge in [-0.05, 0) is 29.8 Å². The number of nitrogens with one attached hydrogen (secondary N) is 1. The minimum atomic E-state index is 0.559. The van der Waals surface area contributed by atoms with Gasteiger partial charge in [0.2, 0.25) is 0 Å². The smallest absolute Gasteiger partial charge is 0.156 e. The molecule has 84 valence electrons. The normalized spacial score (nSPS) is 10.4. The lowest BCUT2D eigenvalue weighted by Crippen LogP contribution is -2.02. The van der Waals surface area contributed by atoms with Gasteiger partial charge in [0.05, 0.1) is 12.2 Å². The molecule has 0 aromatic carbocycles. The zero-order chi connectivity index (χ0) is 11.5. The standard InChI is InChI=1S/C10H11BrN4O/c1-6-3-8(16-15-6)5-12-10-4-9(11)13-7(2)14-10/h3-4H,5H2,1-2H3,(H,12,13,14). The molecule has 0 aliphatic heterocycles. The number of aromatic nitrogens is 3. The number of hydrogen-bond acceptors (Lipinski definition) is 5. The average Bonchev–Trinajstić information content (AvgIpc) is 2.60. The van der Waals surface area contributed by atoms with Gasteiger partial charge in [-0.2, -0.15) is 0 Å². The second kappa shape index (κ2) is 4.61. The summed E-state index contributed by atoms with van der Waals surface area (Å²) in [5.41, 5.74) is 0.872. The summed E-state index contributed by atoms with van der Waals surface area (Å²) in [7, 11) is 0. The monoisotopic (exact) mass is 282 g/mol. The lowest BCUT2D eigenvalue weighted by atomic mass is 10.4. The van der Waals surface area contributed by atoms with Crippen LogP contribution in [-0.2, 0) is 6.54 Å². The van der Waals surface area contributed by atoms with Crippen molar-refractivity contribution in [3.05, 3.63) is 34.0 Å². The first kappa shape index (κ1) is 11.1. The maximum absolute atomic E-state index is 5.08. The zero-order valence-corrected chi connectivity index (χ0v) is 10.6. The van der Waals surface area contributed by atoms with Crippen molar-refractivity contribution < 1.29 is 4.52 Å². The van der Waals surface area contributed by atoms with Gasteiger partial charge in [-0.1, -0.05) is 5.16 Å². The molecule has 2 aromatic heterocycles. The van der Waals surface area contributed by atoms with Crippen molar-refractivity contribution in [2.75, 3.05) is 5.32 Å². The van der Waals surface area contributed by atoms with Crippen molar-refractivity contribution in [3.63, 3.8) is 0 Å². The highest BCUT2D eigenvalue weighted by Gasteiger charge is 2.02. The maximum Gasteiger partial charge on any atom is 0.156 e. The van der Waals surface area contributed by atoms with Crippen molar-refractivity contribution >= 4 is 21.7 Å². The molecule has 2 rings (SSSR count). The minimum Gasteiger partial charge on any atom is -0.363 e. The maximum atomic E-state index is 5.08. The Morgan fingerprint density at radius 2 is 2.12 bits per heavy atom. The lowest BCUT2D eigenvalue weighted by Gasteiger charge is -2.03. The van der Waals surface area contributed by atoms with E-state index in [1.807, 2.05) is 26.0 Å². The fourth-order valence-electron chi connectivity index (χ4n) is 1.30. The predicted octanol–water partition coefficient (Wildman–Crippen LogP) is 2.46. The largest absolute Gasteiger partial charge is 0.363 e. The van der Waals surface area contributed by atoms with Crippen LogP contribution >= 0.6 is 15.9 Å². The first-order valence-electron chi connectivity index (χ1n) is 4.81. The fraction of sp³-hybridized carbons (Fsp3) is 0.300. The summed E-state index contributed by atoms with van der Waals surface area (Å²) in [5, 5.41) is 6.95. The van der Waals surface area contributed by atoms with Crippen molar-refractivity contribution in [1.29, 1.82) is 0 Å². The highest BCUT2D eigenvalue weighted by Crippen LogP contribution is 2.13. The molecule has 0 unspecified atom stereocenters. The van der Waals surface area contributed by atoms with E-state index in [1.54, 1.807) is 0 Å². The SMILES string of the molecule is Cc1cc(CNc2cc(Br)nc(C)n2)on1. The van der Waals surface area contributed by atoms with Gasteiger partial charge in [0.25, 0.3) is 0 Å². The van der Waals surface area contributed by atoms with E-state index in [0.717, 1.165) is 21.9 Å². The highest BCUT2D eigenvalue weighted by atomic mass is 79.9. The van der Waals surface area contributed by atoms with E-state index in [4.69, 9.17) is 4.52 Å². The topological polar surface area (TPSA) is 63.8 Å². The van der Waals surface area contributed by atoms with Crippen LogP contribution in [0.2, 0.25) is 0 Å². The summed E-state index contributed by atoms with van der Waals surface area (Å²) in [4.78, 5) is 8.36. The predicted molar refractivity (Wildman–Crippen MR) is 63.0 cm³/mol. The number of hydrogen-bond donors (Lipinski definition) is 1. The van der Waals surface area contributed by atoms with E-state index in [0.29, 0.717) is 12.4 Å². The number of nitrogens with zero attached hydrogens (tertiary/aromatic N) is 3. The molecule has 0 aliphatic rings. The third-order valence-corrected chi connectivity index (χ3v) is 2.33. The number of anilines is 1. The Morgan fingerprint density at radius 1 is 1.31 bits per heavy atom. The molecule has 16 heavy (non-hydrogen) atoms. The van der Waals surface area contributed by atoms with Crippen LogP contribution in [0, 0.1) is 13.8 Å². The molecule has 6 heteroatoms. The first-order chi connectivity index (χ1) is 7.63. The molecular formula is C10H11BrN4O. The van der Waals surface area contributed by atoms with E-state index in [2.05, 4.69) is 36.4 Å². The summed E-state index contributed by atoms with van der Waals surface area (Å²) in [6, 6.07) is 3.70. The molecule has 0 amide bonds. The van der Waals surface area contributed by atoms with Crippen LogP contribution < -0.4 is 5.32 Å². The van der Waals surface area contributed by atoms with Crippen molar-refractivity contribution in [2.24, 2.45) is 0 Å². The third kappa shape index (κ3) is 2.79. The van der Waals surface area contributed by atoms with Gasteiger partial charge in [0, 0.05) is 12.1 Å². The van der Waals surface area contributed by atoms with Gasteiger partial charge in [0.1, 0.15) is 16.2 Å². The summed E-state index contributed by atoms with van der Waals surface area (Å²) < 4.78 is 5.84. The molecule has 0 saturated carbocycles. The van der Waals surface area contributed by atoms with Crippen LogP contribution in [0.5, 0.6) is 0 Å². The summed E-state index contributed by atoms with van der Waals surface area (Å²) in [6.45, 7) is 4.29.